The fourth-order valence-corrected chi connectivity index (χ4v) is 1.31. The van der Waals surface area contributed by atoms with Gasteiger partial charge in [0.05, 0.1) is 0 Å². The number of aromatic nitrogens is 2. The first kappa shape index (κ1) is 14.3. The maximum absolute atomic E-state index is 12.4. The van der Waals surface area contributed by atoms with E-state index in [1.807, 2.05) is 6.92 Å². The Morgan fingerprint density at radius 3 is 2.56 bits per heavy atom. The van der Waals surface area contributed by atoms with Crippen LogP contribution in [0.3, 0.4) is 0 Å². The van der Waals surface area contributed by atoms with Crippen LogP contribution in [0.4, 0.5) is 19.0 Å². The minimum Gasteiger partial charge on any atom is -0.379 e. The number of nitrogen functional groups attached to an aromatic ring is 1. The fraction of sp³-hybridized carbons (Fsp3) is 0.667. The summed E-state index contributed by atoms with van der Waals surface area (Å²) in [7, 11) is 0. The van der Waals surface area contributed by atoms with Crippen LogP contribution in [-0.4, -0.2) is 40.4 Å². The highest BCUT2D eigenvalue weighted by Crippen LogP contribution is 2.19. The summed E-state index contributed by atoms with van der Waals surface area (Å²) in [5.41, 5.74) is 4.88. The van der Waals surface area contributed by atoms with Crippen molar-refractivity contribution in [3.63, 3.8) is 0 Å². The SMILES string of the molecule is CCCCN(CC(F)(F)F)C(=O)c1nonc1N. The summed E-state index contributed by atoms with van der Waals surface area (Å²) in [4.78, 5) is 12.4. The third-order valence-electron chi connectivity index (χ3n) is 2.16. The minimum absolute atomic E-state index is 0.0266. The van der Waals surface area contributed by atoms with E-state index >= 15 is 0 Å². The van der Waals surface area contributed by atoms with Gasteiger partial charge in [0.2, 0.25) is 11.5 Å². The number of amides is 1. The third-order valence-corrected chi connectivity index (χ3v) is 2.16. The molecule has 0 saturated heterocycles. The zero-order valence-corrected chi connectivity index (χ0v) is 9.70. The fourth-order valence-electron chi connectivity index (χ4n) is 1.31. The van der Waals surface area contributed by atoms with Crippen LogP contribution in [0.5, 0.6) is 0 Å². The van der Waals surface area contributed by atoms with Gasteiger partial charge in [-0.25, -0.2) is 4.63 Å². The van der Waals surface area contributed by atoms with Crippen molar-refractivity contribution >= 4 is 11.7 Å². The molecule has 6 nitrogen and oxygen atoms in total. The van der Waals surface area contributed by atoms with E-state index in [4.69, 9.17) is 5.73 Å². The molecule has 9 heteroatoms. The number of nitrogens with zero attached hydrogens (tertiary/aromatic N) is 3. The van der Waals surface area contributed by atoms with Crippen molar-refractivity contribution in [2.45, 2.75) is 25.9 Å². The molecule has 0 aliphatic rings. The summed E-state index contributed by atoms with van der Waals surface area (Å²) in [6.07, 6.45) is -3.36. The summed E-state index contributed by atoms with van der Waals surface area (Å²) in [6.45, 7) is 0.432. The zero-order chi connectivity index (χ0) is 13.8. The first-order valence-corrected chi connectivity index (χ1v) is 5.29. The quantitative estimate of drug-likeness (QED) is 0.871. The van der Waals surface area contributed by atoms with Crippen molar-refractivity contribution in [1.29, 1.82) is 0 Å². The van der Waals surface area contributed by atoms with E-state index in [1.165, 1.54) is 0 Å². The molecule has 2 N–H and O–H groups in total. The summed E-state index contributed by atoms with van der Waals surface area (Å²) < 4.78 is 41.3. The van der Waals surface area contributed by atoms with Crippen molar-refractivity contribution in [2.24, 2.45) is 0 Å². The Bertz CT molecular complexity index is 405. The molecule has 102 valence electrons. The highest BCUT2D eigenvalue weighted by molar-refractivity contribution is 5.96. The second-order valence-electron chi connectivity index (χ2n) is 3.69. The molecule has 1 amide bonds. The number of hydrogen-bond donors (Lipinski definition) is 1. The van der Waals surface area contributed by atoms with Gasteiger partial charge >= 0.3 is 6.18 Å². The molecule has 1 rings (SSSR count). The first-order valence-electron chi connectivity index (χ1n) is 5.29. The molecule has 0 aliphatic heterocycles. The van der Waals surface area contributed by atoms with Gasteiger partial charge in [0, 0.05) is 6.54 Å². The maximum Gasteiger partial charge on any atom is 0.406 e. The number of alkyl halides is 3. The number of nitrogens with two attached hydrogens (primary N) is 1. The van der Waals surface area contributed by atoms with Crippen molar-refractivity contribution in [3.8, 4) is 0 Å². The standard InChI is InChI=1S/C9H13F3N4O2/c1-2-3-4-16(5-9(10,11)12)8(17)6-7(13)15-18-14-6/h2-5H2,1H3,(H2,13,15). The van der Waals surface area contributed by atoms with E-state index < -0.39 is 24.3 Å². The van der Waals surface area contributed by atoms with Crippen molar-refractivity contribution in [1.82, 2.24) is 15.2 Å². The molecular formula is C9H13F3N4O2. The Kier molecular flexibility index (Phi) is 4.51. The van der Waals surface area contributed by atoms with Crippen molar-refractivity contribution in [2.75, 3.05) is 18.8 Å². The maximum atomic E-state index is 12.4. The molecular weight excluding hydrogens is 253 g/mol. The van der Waals surface area contributed by atoms with Gasteiger partial charge in [0.1, 0.15) is 6.54 Å². The third kappa shape index (κ3) is 3.90. The number of carbonyl (C=O) groups is 1. The molecule has 18 heavy (non-hydrogen) atoms. The number of halogens is 3. The summed E-state index contributed by atoms with van der Waals surface area (Å²) in [5, 5.41) is 6.36. The number of unbranched alkanes of at least 4 members (excludes halogenated alkanes) is 1. The molecule has 0 radical (unpaired) electrons. The summed E-state index contributed by atoms with van der Waals surface area (Å²) in [5.74, 6) is -1.25. The lowest BCUT2D eigenvalue weighted by Gasteiger charge is -2.22. The summed E-state index contributed by atoms with van der Waals surface area (Å²) >= 11 is 0. The van der Waals surface area contributed by atoms with E-state index in [-0.39, 0.29) is 12.4 Å². The Morgan fingerprint density at radius 2 is 2.11 bits per heavy atom. The van der Waals surface area contributed by atoms with Crippen molar-refractivity contribution in [3.05, 3.63) is 5.69 Å². The van der Waals surface area contributed by atoms with E-state index in [9.17, 15) is 18.0 Å². The largest absolute Gasteiger partial charge is 0.406 e. The summed E-state index contributed by atoms with van der Waals surface area (Å²) in [6, 6.07) is 0. The lowest BCUT2D eigenvalue weighted by Crippen LogP contribution is -2.40. The highest BCUT2D eigenvalue weighted by atomic mass is 19.4. The van der Waals surface area contributed by atoms with Crippen LogP contribution in [0.1, 0.15) is 30.3 Å². The molecule has 0 atom stereocenters. The van der Waals surface area contributed by atoms with Crippen LogP contribution < -0.4 is 5.73 Å². The number of hydrogen-bond acceptors (Lipinski definition) is 5. The number of carbonyl (C=O) groups excluding carboxylic acids is 1. The van der Waals surface area contributed by atoms with Gasteiger partial charge in [-0.05, 0) is 16.7 Å². The second-order valence-corrected chi connectivity index (χ2v) is 3.69. The number of rotatable bonds is 5. The normalized spacial score (nSPS) is 11.6. The van der Waals surface area contributed by atoms with Gasteiger partial charge in [0.25, 0.3) is 5.91 Å². The smallest absolute Gasteiger partial charge is 0.379 e. The van der Waals surface area contributed by atoms with Gasteiger partial charge in [0.15, 0.2) is 0 Å². The predicted molar refractivity (Wildman–Crippen MR) is 55.6 cm³/mol. The molecule has 0 aliphatic carbocycles. The van der Waals surface area contributed by atoms with Gasteiger partial charge in [-0.1, -0.05) is 13.3 Å². The Labute approximate surface area is 101 Å². The molecule has 0 saturated carbocycles. The molecule has 0 unspecified atom stereocenters. The van der Waals surface area contributed by atoms with E-state index in [0.29, 0.717) is 17.7 Å². The molecule has 1 heterocycles. The second kappa shape index (κ2) is 5.69. The predicted octanol–water partition coefficient (Wildman–Crippen LogP) is 1.46. The Hall–Kier alpha value is -1.80. The minimum atomic E-state index is -4.48. The van der Waals surface area contributed by atoms with E-state index in [1.54, 1.807) is 0 Å². The Balaban J connectivity index is 2.82. The van der Waals surface area contributed by atoms with Crippen LogP contribution in [0.25, 0.3) is 0 Å². The average Bonchev–Trinajstić information content (AvgIpc) is 2.68. The molecule has 1 aromatic heterocycles. The van der Waals surface area contributed by atoms with Gasteiger partial charge in [-0.15, -0.1) is 0 Å². The van der Waals surface area contributed by atoms with Crippen molar-refractivity contribution < 1.29 is 22.6 Å². The monoisotopic (exact) mass is 266 g/mol. The van der Waals surface area contributed by atoms with Crippen LogP contribution in [0.2, 0.25) is 0 Å². The highest BCUT2D eigenvalue weighted by Gasteiger charge is 2.34. The number of anilines is 1. The molecule has 0 aromatic carbocycles. The Morgan fingerprint density at radius 1 is 1.44 bits per heavy atom. The van der Waals surface area contributed by atoms with Gasteiger partial charge in [-0.3, -0.25) is 4.79 Å². The van der Waals surface area contributed by atoms with E-state index in [2.05, 4.69) is 14.9 Å². The average molecular weight is 266 g/mol. The lowest BCUT2D eigenvalue weighted by atomic mass is 10.3. The van der Waals surface area contributed by atoms with Gasteiger partial charge in [-0.2, -0.15) is 13.2 Å². The van der Waals surface area contributed by atoms with Crippen LogP contribution in [-0.2, 0) is 0 Å². The van der Waals surface area contributed by atoms with Gasteiger partial charge < -0.3 is 10.6 Å². The molecule has 0 bridgehead atoms. The lowest BCUT2D eigenvalue weighted by molar-refractivity contribution is -0.140. The van der Waals surface area contributed by atoms with Crippen LogP contribution >= 0.6 is 0 Å². The molecule has 1 aromatic rings. The van der Waals surface area contributed by atoms with Crippen LogP contribution in [0.15, 0.2) is 4.63 Å². The van der Waals surface area contributed by atoms with Crippen LogP contribution in [0, 0.1) is 0 Å². The molecule has 0 fully saturated rings. The zero-order valence-electron chi connectivity index (χ0n) is 9.70. The topological polar surface area (TPSA) is 85.2 Å². The first-order chi connectivity index (χ1) is 8.35. The van der Waals surface area contributed by atoms with E-state index in [0.717, 1.165) is 0 Å². The molecule has 0 spiro atoms.